The van der Waals surface area contributed by atoms with Gasteiger partial charge in [0.1, 0.15) is 12.4 Å². The number of piperidine rings is 2. The van der Waals surface area contributed by atoms with E-state index in [1.807, 2.05) is 34.1 Å². The van der Waals surface area contributed by atoms with Crippen molar-refractivity contribution in [2.75, 3.05) is 52.3 Å². The van der Waals surface area contributed by atoms with E-state index >= 15 is 0 Å². The topological polar surface area (TPSA) is 71.1 Å². The van der Waals surface area contributed by atoms with E-state index in [-0.39, 0.29) is 24.0 Å². The predicted molar refractivity (Wildman–Crippen MR) is 103 cm³/mol. The fraction of sp³-hybridized carbons (Fsp3) is 0.600. The molecule has 2 fully saturated rings. The summed E-state index contributed by atoms with van der Waals surface area (Å²) >= 11 is 0. The Hall–Kier alpha value is -2.28. The van der Waals surface area contributed by atoms with Crippen LogP contribution < -0.4 is 10.1 Å². The lowest BCUT2D eigenvalue weighted by Gasteiger charge is -2.47. The lowest BCUT2D eigenvalue weighted by Crippen LogP contribution is -2.53. The van der Waals surface area contributed by atoms with Crippen LogP contribution in [0.1, 0.15) is 25.7 Å². The summed E-state index contributed by atoms with van der Waals surface area (Å²) in [6, 6.07) is 7.30. The maximum absolute atomic E-state index is 12.7. The SMILES string of the molecule is COCC(=O)N1CCC2(CCCN(C(=O)Nc3ccc(OC)cc3)C2)CC1. The van der Waals surface area contributed by atoms with Gasteiger partial charge in [0.15, 0.2) is 0 Å². The zero-order valence-electron chi connectivity index (χ0n) is 16.2. The number of carbonyl (C=O) groups excluding carboxylic acids is 2. The molecule has 0 aromatic heterocycles. The molecule has 27 heavy (non-hydrogen) atoms. The van der Waals surface area contributed by atoms with Crippen molar-refractivity contribution in [3.8, 4) is 5.75 Å². The Morgan fingerprint density at radius 3 is 2.37 bits per heavy atom. The molecular formula is C20H29N3O4. The summed E-state index contributed by atoms with van der Waals surface area (Å²) in [5.74, 6) is 0.817. The van der Waals surface area contributed by atoms with Crippen LogP contribution >= 0.6 is 0 Å². The Labute approximate surface area is 160 Å². The third-order valence-corrected chi connectivity index (χ3v) is 5.73. The first-order valence-corrected chi connectivity index (χ1v) is 9.52. The Balaban J connectivity index is 1.55. The second kappa shape index (κ2) is 8.61. The molecule has 3 amide bonds. The number of ether oxygens (including phenoxy) is 2. The molecular weight excluding hydrogens is 346 g/mol. The number of nitrogens with zero attached hydrogens (tertiary/aromatic N) is 2. The first kappa shape index (κ1) is 19.5. The van der Waals surface area contributed by atoms with E-state index in [9.17, 15) is 9.59 Å². The van der Waals surface area contributed by atoms with Crippen LogP contribution in [0, 0.1) is 5.41 Å². The normalized spacial score (nSPS) is 19.0. The number of hydrogen-bond acceptors (Lipinski definition) is 4. The number of anilines is 1. The fourth-order valence-electron chi connectivity index (χ4n) is 4.11. The van der Waals surface area contributed by atoms with Gasteiger partial charge in [-0.3, -0.25) is 4.79 Å². The molecule has 0 radical (unpaired) electrons. The van der Waals surface area contributed by atoms with Gasteiger partial charge in [0.2, 0.25) is 5.91 Å². The van der Waals surface area contributed by atoms with Gasteiger partial charge in [0.25, 0.3) is 0 Å². The van der Waals surface area contributed by atoms with Gasteiger partial charge in [-0.05, 0) is 55.4 Å². The second-order valence-corrected chi connectivity index (χ2v) is 7.50. The van der Waals surface area contributed by atoms with Crippen LogP contribution in [0.4, 0.5) is 10.5 Å². The van der Waals surface area contributed by atoms with Gasteiger partial charge in [-0.25, -0.2) is 4.79 Å². The molecule has 0 aliphatic carbocycles. The molecule has 0 bridgehead atoms. The van der Waals surface area contributed by atoms with E-state index in [0.29, 0.717) is 0 Å². The zero-order chi connectivity index (χ0) is 19.3. The summed E-state index contributed by atoms with van der Waals surface area (Å²) in [5.41, 5.74) is 0.889. The van der Waals surface area contributed by atoms with Crippen LogP contribution in [0.2, 0.25) is 0 Å². The summed E-state index contributed by atoms with van der Waals surface area (Å²) in [6.07, 6.45) is 4.00. The first-order chi connectivity index (χ1) is 13.0. The zero-order valence-corrected chi connectivity index (χ0v) is 16.2. The van der Waals surface area contributed by atoms with Crippen molar-refractivity contribution in [2.45, 2.75) is 25.7 Å². The minimum Gasteiger partial charge on any atom is -0.497 e. The van der Waals surface area contributed by atoms with E-state index in [0.717, 1.165) is 63.3 Å². The van der Waals surface area contributed by atoms with Crippen LogP contribution in [-0.2, 0) is 9.53 Å². The number of likely N-dealkylation sites (tertiary alicyclic amines) is 2. The molecule has 2 saturated heterocycles. The Morgan fingerprint density at radius 2 is 1.74 bits per heavy atom. The molecule has 2 aliphatic rings. The van der Waals surface area contributed by atoms with Crippen molar-refractivity contribution >= 4 is 17.6 Å². The van der Waals surface area contributed by atoms with Crippen molar-refractivity contribution in [3.05, 3.63) is 24.3 Å². The highest BCUT2D eigenvalue weighted by atomic mass is 16.5. The molecule has 2 aliphatic heterocycles. The molecule has 7 heteroatoms. The third kappa shape index (κ3) is 4.71. The van der Waals surface area contributed by atoms with E-state index in [4.69, 9.17) is 9.47 Å². The molecule has 1 spiro atoms. The highest BCUT2D eigenvalue weighted by Gasteiger charge is 2.40. The summed E-state index contributed by atoms with van der Waals surface area (Å²) in [5, 5.41) is 2.98. The summed E-state index contributed by atoms with van der Waals surface area (Å²) < 4.78 is 10.1. The molecule has 3 rings (SSSR count). The van der Waals surface area contributed by atoms with Gasteiger partial charge in [-0.1, -0.05) is 0 Å². The number of nitrogens with one attached hydrogen (secondary N) is 1. The van der Waals surface area contributed by atoms with Crippen LogP contribution in [0.5, 0.6) is 5.75 Å². The van der Waals surface area contributed by atoms with E-state index < -0.39 is 0 Å². The second-order valence-electron chi connectivity index (χ2n) is 7.50. The van der Waals surface area contributed by atoms with Gasteiger partial charge in [0, 0.05) is 39.0 Å². The lowest BCUT2D eigenvalue weighted by molar-refractivity contribution is -0.138. The Bertz CT molecular complexity index is 654. The van der Waals surface area contributed by atoms with Gasteiger partial charge in [-0.15, -0.1) is 0 Å². The molecule has 1 aromatic rings. The molecule has 0 saturated carbocycles. The molecule has 7 nitrogen and oxygen atoms in total. The molecule has 0 unspecified atom stereocenters. The maximum Gasteiger partial charge on any atom is 0.321 e. The highest BCUT2D eigenvalue weighted by molar-refractivity contribution is 5.89. The number of rotatable bonds is 4. The lowest BCUT2D eigenvalue weighted by atomic mass is 9.72. The summed E-state index contributed by atoms with van der Waals surface area (Å²) in [7, 11) is 3.17. The van der Waals surface area contributed by atoms with Crippen molar-refractivity contribution in [1.29, 1.82) is 0 Å². The Morgan fingerprint density at radius 1 is 1.04 bits per heavy atom. The van der Waals surface area contributed by atoms with Gasteiger partial charge in [-0.2, -0.15) is 0 Å². The number of benzene rings is 1. The van der Waals surface area contributed by atoms with Crippen LogP contribution in [0.15, 0.2) is 24.3 Å². The first-order valence-electron chi connectivity index (χ1n) is 9.52. The number of carbonyl (C=O) groups is 2. The maximum atomic E-state index is 12.7. The van der Waals surface area contributed by atoms with Crippen molar-refractivity contribution in [2.24, 2.45) is 5.41 Å². The third-order valence-electron chi connectivity index (χ3n) is 5.73. The highest BCUT2D eigenvalue weighted by Crippen LogP contribution is 2.40. The molecule has 1 N–H and O–H groups in total. The minimum atomic E-state index is -0.0582. The van der Waals surface area contributed by atoms with E-state index in [1.165, 1.54) is 0 Å². The van der Waals surface area contributed by atoms with Crippen LogP contribution in [-0.4, -0.2) is 68.7 Å². The monoisotopic (exact) mass is 375 g/mol. The van der Waals surface area contributed by atoms with Gasteiger partial charge < -0.3 is 24.6 Å². The fourth-order valence-corrected chi connectivity index (χ4v) is 4.11. The van der Waals surface area contributed by atoms with Gasteiger partial charge in [0.05, 0.1) is 7.11 Å². The molecule has 0 atom stereocenters. The number of methoxy groups -OCH3 is 2. The van der Waals surface area contributed by atoms with Gasteiger partial charge >= 0.3 is 6.03 Å². The predicted octanol–water partition coefficient (Wildman–Crippen LogP) is 2.58. The number of urea groups is 1. The van der Waals surface area contributed by atoms with E-state index in [2.05, 4.69) is 5.32 Å². The average Bonchev–Trinajstić information content (AvgIpc) is 2.69. The van der Waals surface area contributed by atoms with Crippen molar-refractivity contribution in [3.63, 3.8) is 0 Å². The van der Waals surface area contributed by atoms with Crippen LogP contribution in [0.3, 0.4) is 0 Å². The molecule has 1 aromatic carbocycles. The average molecular weight is 375 g/mol. The standard InChI is InChI=1S/C20H29N3O4/c1-26-14-18(24)22-12-9-20(10-13-22)8-3-11-23(15-20)19(25)21-16-4-6-17(27-2)7-5-16/h4-7H,3,8-15H2,1-2H3,(H,21,25). The van der Waals surface area contributed by atoms with Crippen molar-refractivity contribution in [1.82, 2.24) is 9.80 Å². The molecule has 148 valence electrons. The summed E-state index contributed by atoms with van der Waals surface area (Å²) in [4.78, 5) is 28.5. The van der Waals surface area contributed by atoms with Crippen LogP contribution in [0.25, 0.3) is 0 Å². The van der Waals surface area contributed by atoms with E-state index in [1.54, 1.807) is 14.2 Å². The minimum absolute atomic E-state index is 0.0530. The smallest absolute Gasteiger partial charge is 0.321 e. The largest absolute Gasteiger partial charge is 0.497 e. The summed E-state index contributed by atoms with van der Waals surface area (Å²) in [6.45, 7) is 3.16. The Kier molecular flexibility index (Phi) is 6.21. The number of hydrogen-bond donors (Lipinski definition) is 1. The quantitative estimate of drug-likeness (QED) is 0.878. The number of amides is 3. The molecule has 2 heterocycles. The van der Waals surface area contributed by atoms with Crippen molar-refractivity contribution < 1.29 is 19.1 Å².